The standard InChI is InChI=1S/C22H23N3O3S/c1-15-9-10-17(12-16(15)2)21-14-29-22(24(21)13-18-6-5-11-28-18)23-19-7-3-4-8-20(19)25(26)27/h3-4,7-10,12,14,18H,5-6,11,13H2,1-2H3. The van der Waals surface area contributed by atoms with Crippen molar-refractivity contribution in [1.82, 2.24) is 4.57 Å². The van der Waals surface area contributed by atoms with E-state index in [4.69, 9.17) is 4.74 Å². The van der Waals surface area contributed by atoms with Crippen molar-refractivity contribution in [2.45, 2.75) is 39.3 Å². The molecule has 1 unspecified atom stereocenters. The van der Waals surface area contributed by atoms with Gasteiger partial charge in [-0.15, -0.1) is 11.3 Å². The van der Waals surface area contributed by atoms with Gasteiger partial charge in [0.1, 0.15) is 5.69 Å². The van der Waals surface area contributed by atoms with Crippen molar-refractivity contribution in [3.05, 3.63) is 73.9 Å². The van der Waals surface area contributed by atoms with Crippen molar-refractivity contribution in [2.24, 2.45) is 4.99 Å². The van der Waals surface area contributed by atoms with Crippen LogP contribution in [-0.4, -0.2) is 22.2 Å². The van der Waals surface area contributed by atoms with Crippen LogP contribution in [0.1, 0.15) is 24.0 Å². The number of ether oxygens (including phenoxy) is 1. The van der Waals surface area contributed by atoms with Crippen molar-refractivity contribution in [3.63, 3.8) is 0 Å². The largest absolute Gasteiger partial charge is 0.376 e. The summed E-state index contributed by atoms with van der Waals surface area (Å²) in [6.45, 7) is 5.67. The van der Waals surface area contributed by atoms with Crippen LogP contribution in [0.4, 0.5) is 11.4 Å². The van der Waals surface area contributed by atoms with Gasteiger partial charge in [-0.1, -0.05) is 24.3 Å². The van der Waals surface area contributed by atoms with Gasteiger partial charge in [0, 0.05) is 18.1 Å². The van der Waals surface area contributed by atoms with E-state index in [1.807, 2.05) is 0 Å². The fourth-order valence-electron chi connectivity index (χ4n) is 3.53. The molecular formula is C22H23N3O3S. The van der Waals surface area contributed by atoms with Gasteiger partial charge in [0.15, 0.2) is 4.80 Å². The highest BCUT2D eigenvalue weighted by Crippen LogP contribution is 2.28. The molecule has 1 aliphatic rings. The number of aromatic nitrogens is 1. The highest BCUT2D eigenvalue weighted by Gasteiger charge is 2.20. The molecule has 0 radical (unpaired) electrons. The highest BCUT2D eigenvalue weighted by molar-refractivity contribution is 7.07. The number of hydrogen-bond donors (Lipinski definition) is 0. The summed E-state index contributed by atoms with van der Waals surface area (Å²) in [6, 6.07) is 13.0. The molecule has 0 saturated carbocycles. The number of para-hydroxylation sites is 2. The molecule has 0 bridgehead atoms. The second-order valence-electron chi connectivity index (χ2n) is 7.31. The highest BCUT2D eigenvalue weighted by atomic mass is 32.1. The molecule has 2 heterocycles. The summed E-state index contributed by atoms with van der Waals surface area (Å²) in [7, 11) is 0. The molecule has 1 aromatic heterocycles. The quantitative estimate of drug-likeness (QED) is 0.432. The van der Waals surface area contributed by atoms with Crippen molar-refractivity contribution < 1.29 is 9.66 Å². The molecule has 1 aliphatic heterocycles. The van der Waals surface area contributed by atoms with Gasteiger partial charge in [-0.05, 0) is 55.5 Å². The summed E-state index contributed by atoms with van der Waals surface area (Å²) in [5.41, 5.74) is 5.04. The number of nitro groups is 1. The maximum absolute atomic E-state index is 11.4. The number of aryl methyl sites for hydroxylation is 2. The fraction of sp³-hybridized carbons (Fsp3) is 0.318. The third-order valence-electron chi connectivity index (χ3n) is 5.31. The number of benzene rings is 2. The summed E-state index contributed by atoms with van der Waals surface area (Å²) in [6.07, 6.45) is 2.21. The first kappa shape index (κ1) is 19.5. The third kappa shape index (κ3) is 4.16. The van der Waals surface area contributed by atoms with Gasteiger partial charge in [0.25, 0.3) is 5.69 Å². The smallest absolute Gasteiger partial charge is 0.294 e. The van der Waals surface area contributed by atoms with Gasteiger partial charge in [-0.25, -0.2) is 4.99 Å². The summed E-state index contributed by atoms with van der Waals surface area (Å²) >= 11 is 1.50. The molecule has 1 atom stereocenters. The number of thiazole rings is 1. The number of nitro benzene ring substituents is 1. The molecule has 4 rings (SSSR count). The SMILES string of the molecule is Cc1ccc(-c2csc(=Nc3ccccc3[N+](=O)[O-])n2CC2CCCO2)cc1C. The minimum Gasteiger partial charge on any atom is -0.376 e. The average molecular weight is 410 g/mol. The molecule has 0 N–H and O–H groups in total. The van der Waals surface area contributed by atoms with Crippen LogP contribution < -0.4 is 4.80 Å². The molecule has 0 amide bonds. The van der Waals surface area contributed by atoms with Crippen molar-refractivity contribution in [2.75, 3.05) is 6.61 Å². The molecule has 1 fully saturated rings. The van der Waals surface area contributed by atoms with Crippen LogP contribution in [-0.2, 0) is 11.3 Å². The number of rotatable bonds is 5. The first-order chi connectivity index (χ1) is 14.0. The lowest BCUT2D eigenvalue weighted by molar-refractivity contribution is -0.384. The molecule has 6 nitrogen and oxygen atoms in total. The monoisotopic (exact) mass is 409 g/mol. The number of hydrogen-bond acceptors (Lipinski definition) is 5. The lowest BCUT2D eigenvalue weighted by atomic mass is 10.0. The van der Waals surface area contributed by atoms with Crippen molar-refractivity contribution in [3.8, 4) is 11.3 Å². The Balaban J connectivity index is 1.85. The van der Waals surface area contributed by atoms with E-state index in [1.165, 1.54) is 28.5 Å². The van der Waals surface area contributed by atoms with Gasteiger partial charge in [0.05, 0.1) is 23.3 Å². The van der Waals surface area contributed by atoms with Crippen molar-refractivity contribution in [1.29, 1.82) is 0 Å². The molecular weight excluding hydrogens is 386 g/mol. The lowest BCUT2D eigenvalue weighted by Crippen LogP contribution is -2.24. The Morgan fingerprint density at radius 3 is 2.79 bits per heavy atom. The van der Waals surface area contributed by atoms with Crippen LogP contribution in [0.2, 0.25) is 0 Å². The maximum Gasteiger partial charge on any atom is 0.294 e. The summed E-state index contributed by atoms with van der Waals surface area (Å²) in [4.78, 5) is 16.4. The van der Waals surface area contributed by atoms with Crippen LogP contribution in [0.15, 0.2) is 52.8 Å². The predicted molar refractivity (Wildman–Crippen MR) is 115 cm³/mol. The second-order valence-corrected chi connectivity index (χ2v) is 8.14. The zero-order valence-electron chi connectivity index (χ0n) is 16.5. The van der Waals surface area contributed by atoms with E-state index in [2.05, 4.69) is 47.0 Å². The van der Waals surface area contributed by atoms with Crippen LogP contribution in [0.3, 0.4) is 0 Å². The van der Waals surface area contributed by atoms with E-state index >= 15 is 0 Å². The third-order valence-corrected chi connectivity index (χ3v) is 6.17. The van der Waals surface area contributed by atoms with Gasteiger partial charge in [-0.3, -0.25) is 10.1 Å². The minimum absolute atomic E-state index is 0.0114. The van der Waals surface area contributed by atoms with Crippen molar-refractivity contribution >= 4 is 22.7 Å². The topological polar surface area (TPSA) is 69.7 Å². The Kier molecular flexibility index (Phi) is 5.60. The molecule has 2 aromatic carbocycles. The molecule has 150 valence electrons. The first-order valence-corrected chi connectivity index (χ1v) is 10.6. The van der Waals surface area contributed by atoms with E-state index < -0.39 is 0 Å². The number of nitrogens with zero attached hydrogens (tertiary/aromatic N) is 3. The maximum atomic E-state index is 11.4. The molecule has 7 heteroatoms. The van der Waals surface area contributed by atoms with Gasteiger partial charge in [0.2, 0.25) is 0 Å². The molecule has 3 aromatic rings. The van der Waals surface area contributed by atoms with E-state index in [0.29, 0.717) is 12.2 Å². The lowest BCUT2D eigenvalue weighted by Gasteiger charge is -2.14. The Morgan fingerprint density at radius 2 is 2.07 bits per heavy atom. The van der Waals surface area contributed by atoms with Crippen LogP contribution >= 0.6 is 11.3 Å². The van der Waals surface area contributed by atoms with Crippen LogP contribution in [0.5, 0.6) is 0 Å². The van der Waals surface area contributed by atoms with E-state index in [0.717, 1.165) is 35.5 Å². The molecule has 1 saturated heterocycles. The zero-order valence-corrected chi connectivity index (χ0v) is 17.3. The molecule has 0 aliphatic carbocycles. The predicted octanol–water partition coefficient (Wildman–Crippen LogP) is 5.15. The van der Waals surface area contributed by atoms with E-state index in [1.54, 1.807) is 18.2 Å². The van der Waals surface area contributed by atoms with Crippen LogP contribution in [0.25, 0.3) is 11.3 Å². The van der Waals surface area contributed by atoms with E-state index in [-0.39, 0.29) is 16.7 Å². The summed E-state index contributed by atoms with van der Waals surface area (Å²) in [5, 5.41) is 13.5. The Labute approximate surface area is 173 Å². The van der Waals surface area contributed by atoms with Gasteiger partial charge >= 0.3 is 0 Å². The first-order valence-electron chi connectivity index (χ1n) is 9.68. The van der Waals surface area contributed by atoms with Gasteiger partial charge in [-0.2, -0.15) is 0 Å². The Bertz CT molecular complexity index is 1110. The van der Waals surface area contributed by atoms with Crippen LogP contribution in [0, 0.1) is 24.0 Å². The van der Waals surface area contributed by atoms with Gasteiger partial charge < -0.3 is 9.30 Å². The fourth-order valence-corrected chi connectivity index (χ4v) is 4.47. The molecule has 29 heavy (non-hydrogen) atoms. The summed E-state index contributed by atoms with van der Waals surface area (Å²) in [5.74, 6) is 0. The van der Waals surface area contributed by atoms with E-state index in [9.17, 15) is 10.1 Å². The minimum atomic E-state index is -0.388. The zero-order chi connectivity index (χ0) is 20.4. The average Bonchev–Trinajstić information content (AvgIpc) is 3.35. The Morgan fingerprint density at radius 1 is 1.24 bits per heavy atom. The molecule has 0 spiro atoms. The second kappa shape index (κ2) is 8.31. The Hall–Kier alpha value is -2.77. The summed E-state index contributed by atoms with van der Waals surface area (Å²) < 4.78 is 8.00. The normalized spacial score (nSPS) is 17.0.